The van der Waals surface area contributed by atoms with Gasteiger partial charge >= 0.3 is 5.97 Å². The van der Waals surface area contributed by atoms with Crippen LogP contribution in [-0.2, 0) is 11.3 Å². The zero-order valence-electron chi connectivity index (χ0n) is 12.9. The monoisotopic (exact) mass is 296 g/mol. The van der Waals surface area contributed by atoms with Crippen LogP contribution in [0.15, 0.2) is 17.1 Å². The molecule has 21 heavy (non-hydrogen) atoms. The topological polar surface area (TPSA) is 82.8 Å². The number of hydrogen-bond acceptors (Lipinski definition) is 4. The smallest absolute Gasteiger partial charge is 0.326 e. The van der Waals surface area contributed by atoms with Gasteiger partial charge in [-0.1, -0.05) is 20.3 Å². The summed E-state index contributed by atoms with van der Waals surface area (Å²) in [6.45, 7) is 7.86. The molecule has 0 saturated heterocycles. The molecule has 0 aliphatic rings. The molecule has 0 radical (unpaired) electrons. The van der Waals surface area contributed by atoms with E-state index in [0.717, 1.165) is 25.9 Å². The summed E-state index contributed by atoms with van der Waals surface area (Å²) in [6.07, 6.45) is 3.33. The summed E-state index contributed by atoms with van der Waals surface area (Å²) in [5.41, 5.74) is 0.121. The molecule has 1 aromatic rings. The highest BCUT2D eigenvalue weighted by atomic mass is 16.4. The summed E-state index contributed by atoms with van der Waals surface area (Å²) in [6, 6.07) is 0.486. The van der Waals surface area contributed by atoms with E-state index >= 15 is 0 Å². The minimum atomic E-state index is -1.00. The maximum Gasteiger partial charge on any atom is 0.326 e. The second kappa shape index (κ2) is 7.83. The molecule has 0 aliphatic carbocycles. The van der Waals surface area contributed by atoms with E-state index < -0.39 is 23.2 Å². The van der Waals surface area contributed by atoms with Crippen molar-refractivity contribution in [2.24, 2.45) is 0 Å². The van der Waals surface area contributed by atoms with Gasteiger partial charge in [-0.25, -0.2) is 4.79 Å². The van der Waals surface area contributed by atoms with E-state index in [9.17, 15) is 14.7 Å². The Morgan fingerprint density at radius 2 is 2.10 bits per heavy atom. The van der Waals surface area contributed by atoms with Gasteiger partial charge in [0.25, 0.3) is 0 Å². The molecule has 0 aromatic carbocycles. The van der Waals surface area contributed by atoms with Crippen LogP contribution in [0.2, 0.25) is 0 Å². The van der Waals surface area contributed by atoms with Crippen molar-refractivity contribution in [3.63, 3.8) is 0 Å². The number of pyridine rings is 1. The molecule has 1 heterocycles. The molecule has 6 heteroatoms. The molecule has 0 spiro atoms. The largest absolute Gasteiger partial charge is 0.503 e. The van der Waals surface area contributed by atoms with Gasteiger partial charge in [0.15, 0.2) is 5.75 Å². The van der Waals surface area contributed by atoms with Crippen molar-refractivity contribution in [2.45, 2.75) is 46.2 Å². The van der Waals surface area contributed by atoms with Gasteiger partial charge in [0.2, 0.25) is 5.43 Å². The van der Waals surface area contributed by atoms with Crippen LogP contribution in [-0.4, -0.2) is 38.7 Å². The van der Waals surface area contributed by atoms with E-state index in [-0.39, 0.29) is 0 Å². The van der Waals surface area contributed by atoms with Crippen LogP contribution in [0.1, 0.15) is 45.3 Å². The lowest BCUT2D eigenvalue weighted by molar-refractivity contribution is -0.140. The van der Waals surface area contributed by atoms with Crippen molar-refractivity contribution in [3.05, 3.63) is 28.2 Å². The molecule has 1 rings (SSSR count). The highest BCUT2D eigenvalue weighted by molar-refractivity contribution is 5.71. The zero-order valence-corrected chi connectivity index (χ0v) is 12.9. The first-order chi connectivity index (χ1) is 9.90. The molecule has 0 aliphatic heterocycles. The number of hydrogen-bond donors (Lipinski definition) is 2. The molecular formula is C15H24N2O4. The van der Waals surface area contributed by atoms with Gasteiger partial charge in [-0.3, -0.25) is 9.69 Å². The number of aliphatic carboxylic acids is 1. The lowest BCUT2D eigenvalue weighted by Gasteiger charge is -2.24. The maximum atomic E-state index is 11.6. The molecule has 1 atom stereocenters. The predicted molar refractivity (Wildman–Crippen MR) is 80.6 cm³/mol. The number of rotatable bonds is 8. The Labute approximate surface area is 124 Å². The zero-order chi connectivity index (χ0) is 16.0. The average molecular weight is 296 g/mol. The number of carbonyl (C=O) groups is 1. The standard InChI is InChI=1S/C15H24N2O4/c1-4-6-7-16(5-2)9-12-8-13(18)14(19)10-17(12)11(3)15(20)21/h8,10-11,19H,4-7,9H2,1-3H3,(H,20,21). The summed E-state index contributed by atoms with van der Waals surface area (Å²) in [4.78, 5) is 25.0. The predicted octanol–water partition coefficient (Wildman–Crippen LogP) is 1.82. The SMILES string of the molecule is CCCCN(CC)Cc1cc(=O)c(O)cn1C(C)C(=O)O. The van der Waals surface area contributed by atoms with Gasteiger partial charge in [0.1, 0.15) is 6.04 Å². The molecule has 0 amide bonds. The number of aromatic hydroxyl groups is 1. The van der Waals surface area contributed by atoms with Crippen LogP contribution in [0, 0.1) is 0 Å². The number of carboxylic acid groups (broad SMARTS) is 1. The normalized spacial score (nSPS) is 12.6. The highest BCUT2D eigenvalue weighted by Crippen LogP contribution is 2.15. The Morgan fingerprint density at radius 3 is 2.62 bits per heavy atom. The van der Waals surface area contributed by atoms with Gasteiger partial charge in [0.05, 0.1) is 6.20 Å². The first-order valence-corrected chi connectivity index (χ1v) is 7.29. The van der Waals surface area contributed by atoms with Gasteiger partial charge in [0, 0.05) is 18.3 Å². The second-order valence-corrected chi connectivity index (χ2v) is 5.16. The van der Waals surface area contributed by atoms with E-state index in [1.807, 2.05) is 6.92 Å². The number of carboxylic acids is 1. The van der Waals surface area contributed by atoms with E-state index in [1.165, 1.54) is 23.8 Å². The third kappa shape index (κ3) is 4.60. The first-order valence-electron chi connectivity index (χ1n) is 7.29. The van der Waals surface area contributed by atoms with Crippen molar-refractivity contribution < 1.29 is 15.0 Å². The third-order valence-electron chi connectivity index (χ3n) is 3.58. The van der Waals surface area contributed by atoms with Crippen LogP contribution in [0.25, 0.3) is 0 Å². The lowest BCUT2D eigenvalue weighted by Crippen LogP contribution is -2.29. The van der Waals surface area contributed by atoms with E-state index in [2.05, 4.69) is 11.8 Å². The third-order valence-corrected chi connectivity index (χ3v) is 3.58. The fraction of sp³-hybridized carbons (Fsp3) is 0.600. The molecular weight excluding hydrogens is 272 g/mol. The Bertz CT molecular complexity index is 539. The maximum absolute atomic E-state index is 11.6. The van der Waals surface area contributed by atoms with Gasteiger partial charge < -0.3 is 14.8 Å². The summed E-state index contributed by atoms with van der Waals surface area (Å²) in [7, 11) is 0. The summed E-state index contributed by atoms with van der Waals surface area (Å²) < 4.78 is 1.45. The minimum Gasteiger partial charge on any atom is -0.503 e. The van der Waals surface area contributed by atoms with Crippen molar-refractivity contribution in [1.82, 2.24) is 9.47 Å². The van der Waals surface area contributed by atoms with Crippen molar-refractivity contribution in [1.29, 1.82) is 0 Å². The molecule has 2 N–H and O–H groups in total. The van der Waals surface area contributed by atoms with Crippen molar-refractivity contribution >= 4 is 5.97 Å². The molecule has 0 bridgehead atoms. The molecule has 6 nitrogen and oxygen atoms in total. The highest BCUT2D eigenvalue weighted by Gasteiger charge is 2.18. The van der Waals surface area contributed by atoms with Crippen LogP contribution in [0.4, 0.5) is 0 Å². The van der Waals surface area contributed by atoms with Crippen molar-refractivity contribution in [2.75, 3.05) is 13.1 Å². The summed E-state index contributed by atoms with van der Waals surface area (Å²) in [5, 5.41) is 18.7. The Hall–Kier alpha value is -1.82. The van der Waals surface area contributed by atoms with Crippen LogP contribution in [0.5, 0.6) is 5.75 Å². The summed E-state index contributed by atoms with van der Waals surface area (Å²) in [5.74, 6) is -1.43. The minimum absolute atomic E-state index is 0.427. The Morgan fingerprint density at radius 1 is 1.43 bits per heavy atom. The van der Waals surface area contributed by atoms with E-state index in [0.29, 0.717) is 12.2 Å². The van der Waals surface area contributed by atoms with Gasteiger partial charge in [-0.05, 0) is 26.4 Å². The number of nitrogens with zero attached hydrogens (tertiary/aromatic N) is 2. The molecule has 118 valence electrons. The lowest BCUT2D eigenvalue weighted by atomic mass is 10.2. The van der Waals surface area contributed by atoms with Gasteiger partial charge in [-0.2, -0.15) is 0 Å². The van der Waals surface area contributed by atoms with Crippen LogP contribution < -0.4 is 5.43 Å². The van der Waals surface area contributed by atoms with E-state index in [4.69, 9.17) is 5.11 Å². The van der Waals surface area contributed by atoms with Crippen LogP contribution >= 0.6 is 0 Å². The Kier molecular flexibility index (Phi) is 6.42. The summed E-state index contributed by atoms with van der Waals surface area (Å²) >= 11 is 0. The fourth-order valence-electron chi connectivity index (χ4n) is 2.14. The second-order valence-electron chi connectivity index (χ2n) is 5.16. The quantitative estimate of drug-likeness (QED) is 0.764. The van der Waals surface area contributed by atoms with Crippen molar-refractivity contribution in [3.8, 4) is 5.75 Å². The van der Waals surface area contributed by atoms with Gasteiger partial charge in [-0.15, -0.1) is 0 Å². The molecule has 1 unspecified atom stereocenters. The number of aromatic nitrogens is 1. The first kappa shape index (κ1) is 17.2. The average Bonchev–Trinajstić information content (AvgIpc) is 2.45. The Balaban J connectivity index is 3.11. The van der Waals surface area contributed by atoms with E-state index in [1.54, 1.807) is 0 Å². The number of unbranched alkanes of at least 4 members (excludes halogenated alkanes) is 1. The molecule has 0 saturated carbocycles. The van der Waals surface area contributed by atoms with Crippen LogP contribution in [0.3, 0.4) is 0 Å². The molecule has 0 fully saturated rings. The fourth-order valence-corrected chi connectivity index (χ4v) is 2.14. The molecule has 1 aromatic heterocycles.